The van der Waals surface area contributed by atoms with Crippen LogP contribution in [0.15, 0.2) is 42.7 Å². The monoisotopic (exact) mass is 432 g/mol. The first-order valence-electron chi connectivity index (χ1n) is 11.3. The Labute approximate surface area is 187 Å². The van der Waals surface area contributed by atoms with Gasteiger partial charge < -0.3 is 20.3 Å². The van der Waals surface area contributed by atoms with E-state index in [4.69, 9.17) is 9.72 Å². The summed E-state index contributed by atoms with van der Waals surface area (Å²) in [5.74, 6) is 1.37. The van der Waals surface area contributed by atoms with Gasteiger partial charge in [-0.05, 0) is 50.0 Å². The Kier molecular flexibility index (Phi) is 6.22. The second-order valence-corrected chi connectivity index (χ2v) is 8.36. The van der Waals surface area contributed by atoms with Gasteiger partial charge in [0.15, 0.2) is 5.82 Å². The summed E-state index contributed by atoms with van der Waals surface area (Å²) in [6, 6.07) is 9.60. The number of hydrogen-bond acceptors (Lipinski definition) is 7. The minimum absolute atomic E-state index is 0.0423. The number of piperidine rings is 1. The summed E-state index contributed by atoms with van der Waals surface area (Å²) in [5.41, 5.74) is 4.01. The third kappa shape index (κ3) is 4.56. The molecule has 2 aliphatic rings. The number of morpholine rings is 1. The topological polar surface area (TPSA) is 92.3 Å². The van der Waals surface area contributed by atoms with Crippen molar-refractivity contribution in [1.82, 2.24) is 25.2 Å². The maximum Gasteiger partial charge on any atom is 0.254 e. The third-order valence-electron chi connectivity index (χ3n) is 6.14. The van der Waals surface area contributed by atoms with E-state index in [2.05, 4.69) is 20.6 Å². The lowest BCUT2D eigenvalue weighted by Gasteiger charge is -2.26. The highest BCUT2D eigenvalue weighted by molar-refractivity contribution is 5.95. The highest BCUT2D eigenvalue weighted by atomic mass is 16.5. The van der Waals surface area contributed by atoms with Gasteiger partial charge in [0, 0.05) is 43.2 Å². The largest absolute Gasteiger partial charge is 0.378 e. The molecule has 1 unspecified atom stereocenters. The molecular formula is C24H28N6O2. The minimum Gasteiger partial charge on any atom is -0.378 e. The van der Waals surface area contributed by atoms with Crippen molar-refractivity contribution in [1.29, 1.82) is 0 Å². The van der Waals surface area contributed by atoms with E-state index in [0.717, 1.165) is 47.7 Å². The molecule has 0 saturated carbocycles. The molecule has 4 heterocycles. The molecule has 2 aliphatic heterocycles. The van der Waals surface area contributed by atoms with Gasteiger partial charge in [0.1, 0.15) is 5.52 Å². The van der Waals surface area contributed by atoms with Gasteiger partial charge in [-0.1, -0.05) is 12.1 Å². The maximum absolute atomic E-state index is 12.7. The fraction of sp³-hybridized carbons (Fsp3) is 0.417. The van der Waals surface area contributed by atoms with Crippen LogP contribution in [-0.4, -0.2) is 71.7 Å². The van der Waals surface area contributed by atoms with E-state index in [1.54, 1.807) is 12.4 Å². The average Bonchev–Trinajstić information content (AvgIpc) is 2.88. The normalized spacial score (nSPS) is 19.1. The van der Waals surface area contributed by atoms with Gasteiger partial charge in [-0.15, -0.1) is 0 Å². The van der Waals surface area contributed by atoms with Gasteiger partial charge in [0.25, 0.3) is 5.91 Å². The number of benzene rings is 1. The number of carbonyl (C=O) groups is 1. The second-order valence-electron chi connectivity index (χ2n) is 8.36. The fourth-order valence-electron chi connectivity index (χ4n) is 4.31. The van der Waals surface area contributed by atoms with Gasteiger partial charge in [0.05, 0.1) is 24.4 Å². The molecule has 2 N–H and O–H groups in total. The molecule has 1 aromatic carbocycles. The SMILES string of the molecule is O=C(c1ccc(-c2cc3nccnc3c(NCC3CCCNC3)n2)cc1)N1CCOCC1. The Morgan fingerprint density at radius 1 is 1.16 bits per heavy atom. The maximum atomic E-state index is 12.7. The quantitative estimate of drug-likeness (QED) is 0.640. The van der Waals surface area contributed by atoms with Crippen LogP contribution in [0.25, 0.3) is 22.3 Å². The number of anilines is 1. The predicted molar refractivity (Wildman–Crippen MR) is 124 cm³/mol. The molecule has 2 fully saturated rings. The first-order valence-corrected chi connectivity index (χ1v) is 11.3. The standard InChI is InChI=1S/C24H28N6O2/c31-24(30-10-12-32-13-11-30)19-5-3-18(4-6-19)20-14-21-22(27-9-8-26-21)23(29-20)28-16-17-2-1-7-25-15-17/h3-6,8-9,14,17,25H,1-2,7,10-13,15-16H2,(H,28,29). The van der Waals surface area contributed by atoms with Crippen molar-refractivity contribution in [3.8, 4) is 11.3 Å². The lowest BCUT2D eigenvalue weighted by molar-refractivity contribution is 0.0303. The van der Waals surface area contributed by atoms with Crippen molar-refractivity contribution < 1.29 is 9.53 Å². The Bertz CT molecular complexity index is 1080. The molecule has 32 heavy (non-hydrogen) atoms. The molecule has 3 aromatic rings. The van der Waals surface area contributed by atoms with Crippen LogP contribution >= 0.6 is 0 Å². The van der Waals surface area contributed by atoms with E-state index >= 15 is 0 Å². The van der Waals surface area contributed by atoms with Gasteiger partial charge in [-0.25, -0.2) is 9.97 Å². The van der Waals surface area contributed by atoms with Gasteiger partial charge >= 0.3 is 0 Å². The van der Waals surface area contributed by atoms with Crippen molar-refractivity contribution in [3.05, 3.63) is 48.3 Å². The van der Waals surface area contributed by atoms with Gasteiger partial charge in [0.2, 0.25) is 0 Å². The summed E-state index contributed by atoms with van der Waals surface area (Å²) < 4.78 is 5.34. The van der Waals surface area contributed by atoms with Crippen molar-refractivity contribution in [3.63, 3.8) is 0 Å². The van der Waals surface area contributed by atoms with Crippen LogP contribution in [0.2, 0.25) is 0 Å². The predicted octanol–water partition coefficient (Wildman–Crippen LogP) is 2.58. The van der Waals surface area contributed by atoms with Gasteiger partial charge in [-0.2, -0.15) is 0 Å². The second kappa shape index (κ2) is 9.58. The summed E-state index contributed by atoms with van der Waals surface area (Å²) in [5, 5.41) is 6.97. The van der Waals surface area contributed by atoms with E-state index < -0.39 is 0 Å². The number of amides is 1. The van der Waals surface area contributed by atoms with E-state index in [-0.39, 0.29) is 5.91 Å². The smallest absolute Gasteiger partial charge is 0.254 e. The zero-order valence-corrected chi connectivity index (χ0v) is 18.1. The molecule has 5 rings (SSSR count). The van der Waals surface area contributed by atoms with Crippen molar-refractivity contribution >= 4 is 22.8 Å². The van der Waals surface area contributed by atoms with Crippen LogP contribution in [0.3, 0.4) is 0 Å². The number of nitrogens with one attached hydrogen (secondary N) is 2. The zero-order valence-electron chi connectivity index (χ0n) is 18.1. The van der Waals surface area contributed by atoms with E-state index in [1.165, 1.54) is 12.8 Å². The van der Waals surface area contributed by atoms with Crippen LogP contribution in [-0.2, 0) is 4.74 Å². The van der Waals surface area contributed by atoms with E-state index in [9.17, 15) is 4.79 Å². The number of aromatic nitrogens is 3. The van der Waals surface area contributed by atoms with Crippen LogP contribution in [0.5, 0.6) is 0 Å². The Morgan fingerprint density at radius 2 is 1.97 bits per heavy atom. The Hall–Kier alpha value is -3.10. The summed E-state index contributed by atoms with van der Waals surface area (Å²) in [4.78, 5) is 28.5. The Balaban J connectivity index is 1.39. The summed E-state index contributed by atoms with van der Waals surface area (Å²) >= 11 is 0. The molecule has 8 nitrogen and oxygen atoms in total. The molecule has 1 atom stereocenters. The molecule has 8 heteroatoms. The van der Waals surface area contributed by atoms with Crippen LogP contribution in [0, 0.1) is 5.92 Å². The van der Waals surface area contributed by atoms with Crippen LogP contribution < -0.4 is 10.6 Å². The van der Waals surface area contributed by atoms with E-state index in [0.29, 0.717) is 37.8 Å². The molecule has 2 saturated heterocycles. The highest BCUT2D eigenvalue weighted by Gasteiger charge is 2.19. The molecule has 0 radical (unpaired) electrons. The summed E-state index contributed by atoms with van der Waals surface area (Å²) in [7, 11) is 0. The molecule has 0 aliphatic carbocycles. The van der Waals surface area contributed by atoms with Crippen molar-refractivity contribution in [2.45, 2.75) is 12.8 Å². The highest BCUT2D eigenvalue weighted by Crippen LogP contribution is 2.26. The molecule has 2 aromatic heterocycles. The number of rotatable bonds is 5. The average molecular weight is 433 g/mol. The van der Waals surface area contributed by atoms with Gasteiger partial charge in [-0.3, -0.25) is 9.78 Å². The fourth-order valence-corrected chi connectivity index (χ4v) is 4.31. The molecular weight excluding hydrogens is 404 g/mol. The molecule has 0 bridgehead atoms. The summed E-state index contributed by atoms with van der Waals surface area (Å²) in [6.07, 6.45) is 5.81. The Morgan fingerprint density at radius 3 is 2.75 bits per heavy atom. The van der Waals surface area contributed by atoms with Crippen molar-refractivity contribution in [2.75, 3.05) is 51.3 Å². The number of nitrogens with zero attached hydrogens (tertiary/aromatic N) is 4. The van der Waals surface area contributed by atoms with Crippen LogP contribution in [0.4, 0.5) is 5.82 Å². The molecule has 1 amide bonds. The lowest BCUT2D eigenvalue weighted by Crippen LogP contribution is -2.40. The molecule has 0 spiro atoms. The zero-order chi connectivity index (χ0) is 21.8. The van der Waals surface area contributed by atoms with E-state index in [1.807, 2.05) is 35.2 Å². The number of fused-ring (bicyclic) bond motifs is 1. The van der Waals surface area contributed by atoms with Crippen molar-refractivity contribution in [2.24, 2.45) is 5.92 Å². The number of ether oxygens (including phenoxy) is 1. The first-order chi connectivity index (χ1) is 15.8. The minimum atomic E-state index is 0.0423. The molecule has 166 valence electrons. The van der Waals surface area contributed by atoms with Crippen LogP contribution in [0.1, 0.15) is 23.2 Å². The number of hydrogen-bond donors (Lipinski definition) is 2. The first kappa shape index (κ1) is 20.8. The summed E-state index contributed by atoms with van der Waals surface area (Å²) in [6.45, 7) is 5.44. The lowest BCUT2D eigenvalue weighted by atomic mass is 10.00. The number of pyridine rings is 1. The third-order valence-corrected chi connectivity index (χ3v) is 6.14. The number of carbonyl (C=O) groups excluding carboxylic acids is 1.